The van der Waals surface area contributed by atoms with Crippen LogP contribution in [-0.4, -0.2) is 65.2 Å². The normalized spacial score (nSPS) is 24.6. The highest BCUT2D eigenvalue weighted by atomic mass is 32.1. The van der Waals surface area contributed by atoms with Crippen LogP contribution in [0.25, 0.3) is 16.0 Å². The first-order valence-corrected chi connectivity index (χ1v) is 14.8. The fourth-order valence-corrected chi connectivity index (χ4v) is 7.43. The molecule has 0 bridgehead atoms. The number of pyridine rings is 1. The highest BCUT2D eigenvalue weighted by molar-refractivity contribution is 7.15. The number of rotatable bonds is 5. The Hall–Kier alpha value is -2.48. The number of fused-ring (bicyclic) bond motifs is 1. The van der Waals surface area contributed by atoms with Crippen LogP contribution in [0.3, 0.4) is 0 Å². The van der Waals surface area contributed by atoms with Gasteiger partial charge < -0.3 is 15.0 Å². The Bertz CT molecular complexity index is 1210. The first-order chi connectivity index (χ1) is 18.0. The van der Waals surface area contributed by atoms with E-state index in [0.717, 1.165) is 64.2 Å². The largest absolute Gasteiger partial charge is 0.379 e. The molecule has 1 saturated heterocycles. The van der Waals surface area contributed by atoms with Gasteiger partial charge in [0.25, 0.3) is 0 Å². The molecular weight excluding hydrogens is 480 g/mol. The van der Waals surface area contributed by atoms with E-state index in [4.69, 9.17) is 9.72 Å². The van der Waals surface area contributed by atoms with E-state index >= 15 is 0 Å². The summed E-state index contributed by atoms with van der Waals surface area (Å²) in [5.41, 5.74) is 6.27. The molecule has 7 heteroatoms. The van der Waals surface area contributed by atoms with Gasteiger partial charge in [0, 0.05) is 71.3 Å². The van der Waals surface area contributed by atoms with Crippen LogP contribution in [0, 0.1) is 0 Å². The molecule has 37 heavy (non-hydrogen) atoms. The molecule has 2 fully saturated rings. The number of hydrogen-bond acceptors (Lipinski definition) is 5. The summed E-state index contributed by atoms with van der Waals surface area (Å²) in [6, 6.07) is 7.51. The van der Waals surface area contributed by atoms with Crippen LogP contribution < -0.4 is 5.32 Å². The van der Waals surface area contributed by atoms with Gasteiger partial charge in [-0.15, -0.1) is 11.3 Å². The lowest BCUT2D eigenvalue weighted by molar-refractivity contribution is 0.0346. The van der Waals surface area contributed by atoms with Gasteiger partial charge >= 0.3 is 6.03 Å². The van der Waals surface area contributed by atoms with Crippen molar-refractivity contribution < 1.29 is 9.53 Å². The SMILES string of the molecule is CC1C=C(C2=CCc3ncc(-c4ccc(CN5CCOCC5)s4)cc32)CC(C)N1C(=O)NC1CCCC1. The zero-order valence-electron chi connectivity index (χ0n) is 22.0. The van der Waals surface area contributed by atoms with Crippen molar-refractivity contribution >= 4 is 22.9 Å². The Morgan fingerprint density at radius 3 is 2.78 bits per heavy atom. The second-order valence-electron chi connectivity index (χ2n) is 11.0. The molecule has 2 amide bonds. The highest BCUT2D eigenvalue weighted by Gasteiger charge is 2.33. The van der Waals surface area contributed by atoms with E-state index in [0.29, 0.717) is 6.04 Å². The third-order valence-electron chi connectivity index (χ3n) is 8.32. The van der Waals surface area contributed by atoms with Gasteiger partial charge in [-0.05, 0) is 62.5 Å². The van der Waals surface area contributed by atoms with Gasteiger partial charge in [-0.25, -0.2) is 4.79 Å². The van der Waals surface area contributed by atoms with Crippen molar-refractivity contribution in [2.75, 3.05) is 26.3 Å². The fourth-order valence-electron chi connectivity index (χ4n) is 6.40. The predicted molar refractivity (Wildman–Crippen MR) is 150 cm³/mol. The summed E-state index contributed by atoms with van der Waals surface area (Å²) < 4.78 is 5.49. The van der Waals surface area contributed by atoms with Gasteiger partial charge in [0.15, 0.2) is 0 Å². The Labute approximate surface area is 224 Å². The molecule has 1 saturated carbocycles. The summed E-state index contributed by atoms with van der Waals surface area (Å²) in [6.07, 6.45) is 13.1. The molecule has 2 atom stereocenters. The van der Waals surface area contributed by atoms with E-state index in [-0.39, 0.29) is 18.1 Å². The number of hydrogen-bond donors (Lipinski definition) is 1. The number of aromatic nitrogens is 1. The van der Waals surface area contributed by atoms with Gasteiger partial charge in [-0.1, -0.05) is 25.0 Å². The molecule has 0 aromatic carbocycles. The average molecular weight is 519 g/mol. The van der Waals surface area contributed by atoms with Crippen LogP contribution >= 0.6 is 11.3 Å². The summed E-state index contributed by atoms with van der Waals surface area (Å²) in [6.45, 7) is 9.00. The van der Waals surface area contributed by atoms with Crippen LogP contribution in [0.1, 0.15) is 62.1 Å². The van der Waals surface area contributed by atoms with E-state index in [1.54, 1.807) is 0 Å². The Balaban J connectivity index is 1.18. The van der Waals surface area contributed by atoms with Gasteiger partial charge in [0.05, 0.1) is 18.9 Å². The quantitative estimate of drug-likeness (QED) is 0.556. The van der Waals surface area contributed by atoms with E-state index in [1.807, 2.05) is 22.4 Å². The Kier molecular flexibility index (Phi) is 7.19. The number of thiophene rings is 1. The molecule has 6 rings (SSSR count). The van der Waals surface area contributed by atoms with Crippen molar-refractivity contribution in [1.82, 2.24) is 20.1 Å². The smallest absolute Gasteiger partial charge is 0.318 e. The molecule has 0 radical (unpaired) electrons. The monoisotopic (exact) mass is 518 g/mol. The Morgan fingerprint density at radius 2 is 2.00 bits per heavy atom. The van der Waals surface area contributed by atoms with Crippen molar-refractivity contribution in [2.45, 2.75) is 77.0 Å². The van der Waals surface area contributed by atoms with Gasteiger partial charge in [0.2, 0.25) is 0 Å². The van der Waals surface area contributed by atoms with Gasteiger partial charge in [0.1, 0.15) is 0 Å². The van der Waals surface area contributed by atoms with Crippen LogP contribution in [0.15, 0.2) is 42.1 Å². The second kappa shape index (κ2) is 10.7. The number of allylic oxidation sites excluding steroid dienone is 2. The first-order valence-electron chi connectivity index (χ1n) is 13.9. The number of carbonyl (C=O) groups excluding carboxylic acids is 1. The summed E-state index contributed by atoms with van der Waals surface area (Å²) in [4.78, 5) is 25.1. The number of carbonyl (C=O) groups is 1. The lowest BCUT2D eigenvalue weighted by atomic mass is 9.89. The number of morpholine rings is 1. The lowest BCUT2D eigenvalue weighted by Gasteiger charge is -2.39. The number of ether oxygens (including phenoxy) is 1. The van der Waals surface area contributed by atoms with Crippen molar-refractivity contribution in [3.63, 3.8) is 0 Å². The van der Waals surface area contributed by atoms with Crippen molar-refractivity contribution in [3.05, 3.63) is 58.3 Å². The van der Waals surface area contributed by atoms with E-state index < -0.39 is 0 Å². The maximum atomic E-state index is 13.1. The zero-order valence-corrected chi connectivity index (χ0v) is 22.9. The minimum absolute atomic E-state index is 0.0706. The Morgan fingerprint density at radius 1 is 1.19 bits per heavy atom. The third-order valence-corrected chi connectivity index (χ3v) is 9.44. The molecule has 6 nitrogen and oxygen atoms in total. The van der Waals surface area contributed by atoms with Crippen LogP contribution in [0.5, 0.6) is 0 Å². The lowest BCUT2D eigenvalue weighted by Crippen LogP contribution is -2.53. The minimum atomic E-state index is 0.0706. The van der Waals surface area contributed by atoms with Crippen molar-refractivity contribution in [1.29, 1.82) is 0 Å². The molecule has 2 aromatic rings. The van der Waals surface area contributed by atoms with Gasteiger partial charge in [-0.3, -0.25) is 9.88 Å². The number of nitrogens with zero attached hydrogens (tertiary/aromatic N) is 3. The third kappa shape index (κ3) is 5.27. The summed E-state index contributed by atoms with van der Waals surface area (Å²) >= 11 is 1.87. The first kappa shape index (κ1) is 24.8. The fraction of sp³-hybridized carbons (Fsp3) is 0.533. The van der Waals surface area contributed by atoms with Crippen LogP contribution in [0.2, 0.25) is 0 Å². The summed E-state index contributed by atoms with van der Waals surface area (Å²) in [5.74, 6) is 0. The zero-order chi connectivity index (χ0) is 25.4. The highest BCUT2D eigenvalue weighted by Crippen LogP contribution is 2.40. The van der Waals surface area contributed by atoms with Gasteiger partial charge in [-0.2, -0.15) is 0 Å². The standard InChI is InChI=1S/C30H38N4O2S/c1-20-15-22(16-21(2)34(20)30(35)32-24-5-3-4-6-24)26-8-9-28-27(26)17-23(18-31-28)29-10-7-25(37-29)19-33-11-13-36-14-12-33/h7-8,10,15,17-18,20-21,24H,3-6,9,11-14,16,19H2,1-2H3,(H,32,35). The molecule has 0 spiro atoms. The van der Waals surface area contributed by atoms with Crippen molar-refractivity contribution in [2.24, 2.45) is 0 Å². The average Bonchev–Trinajstić information content (AvgIpc) is 3.65. The molecule has 196 valence electrons. The molecule has 4 aliphatic rings. The second-order valence-corrected chi connectivity index (χ2v) is 12.2. The van der Waals surface area contributed by atoms with Crippen molar-refractivity contribution in [3.8, 4) is 10.4 Å². The maximum Gasteiger partial charge on any atom is 0.318 e. The molecule has 2 unspecified atom stereocenters. The summed E-state index contributed by atoms with van der Waals surface area (Å²) in [7, 11) is 0. The molecular formula is C30H38N4O2S. The van der Waals surface area contributed by atoms with E-state index in [1.165, 1.54) is 44.9 Å². The number of nitrogens with one attached hydrogen (secondary N) is 1. The molecule has 2 aliphatic carbocycles. The molecule has 2 aromatic heterocycles. The van der Waals surface area contributed by atoms with Crippen LogP contribution in [-0.2, 0) is 17.7 Å². The summed E-state index contributed by atoms with van der Waals surface area (Å²) in [5, 5.41) is 3.29. The van der Waals surface area contributed by atoms with E-state index in [9.17, 15) is 4.79 Å². The topological polar surface area (TPSA) is 57.7 Å². The maximum absolute atomic E-state index is 13.1. The molecule has 2 aliphatic heterocycles. The minimum Gasteiger partial charge on any atom is -0.379 e. The van der Waals surface area contributed by atoms with E-state index in [2.05, 4.69) is 54.4 Å². The van der Waals surface area contributed by atoms with Crippen LogP contribution in [0.4, 0.5) is 4.79 Å². The number of urea groups is 1. The predicted octanol–water partition coefficient (Wildman–Crippen LogP) is 5.64. The molecule has 4 heterocycles. The molecule has 1 N–H and O–H groups in total. The number of amides is 2.